The lowest BCUT2D eigenvalue weighted by Crippen LogP contribution is -2.32. The number of hydrogen-bond donors (Lipinski definition) is 1. The van der Waals surface area contributed by atoms with Crippen molar-refractivity contribution in [2.75, 3.05) is 0 Å². The van der Waals surface area contributed by atoms with Crippen LogP contribution in [0.5, 0.6) is 0 Å². The normalized spacial score (nSPS) is 17.5. The number of ether oxygens (including phenoxy) is 1. The molecule has 0 radical (unpaired) electrons. The fourth-order valence-electron chi connectivity index (χ4n) is 4.22. The highest BCUT2D eigenvalue weighted by atomic mass is 32.1. The minimum Gasteiger partial charge on any atom is -0.457 e. The average molecular weight is 483 g/mol. The highest BCUT2D eigenvalue weighted by Crippen LogP contribution is 2.41. The summed E-state index contributed by atoms with van der Waals surface area (Å²) in [6.07, 6.45) is -2.87. The van der Waals surface area contributed by atoms with Crippen LogP contribution in [0.4, 0.5) is 13.2 Å². The average Bonchev–Trinajstić information content (AvgIpc) is 3.36. The summed E-state index contributed by atoms with van der Waals surface area (Å²) < 4.78 is 45.6. The number of hydrogen-bond acceptors (Lipinski definition) is 6. The van der Waals surface area contributed by atoms with Gasteiger partial charge in [-0.1, -0.05) is 30.3 Å². The third kappa shape index (κ3) is 3.79. The Morgan fingerprint density at radius 1 is 1.09 bits per heavy atom. The Kier molecular flexibility index (Phi) is 5.32. The number of thiophene rings is 1. The summed E-state index contributed by atoms with van der Waals surface area (Å²) >= 11 is 0.841. The monoisotopic (exact) mass is 483 g/mol. The number of halogens is 3. The summed E-state index contributed by atoms with van der Waals surface area (Å²) in [5.74, 6) is -2.22. The standard InChI is InChI=1S/C24H16F3N3O3S/c25-24(26,27)13-10-17-20(30-11-13)19(15-7-3-4-8-29-15)21(34-17)23(32)33-16-9-12-5-1-2-6-14(12)18(16)22(28)31/h1-8,10-11,16,18H,9H2,(H2,28,31). The molecule has 0 spiro atoms. The summed E-state index contributed by atoms with van der Waals surface area (Å²) in [5, 5.41) is 0. The first-order chi connectivity index (χ1) is 16.2. The molecule has 2 N–H and O–H groups in total. The highest BCUT2D eigenvalue weighted by Gasteiger charge is 2.40. The van der Waals surface area contributed by atoms with Crippen LogP contribution in [0.1, 0.15) is 32.3 Å². The van der Waals surface area contributed by atoms with Crippen molar-refractivity contribution in [3.8, 4) is 11.3 Å². The van der Waals surface area contributed by atoms with Crippen LogP contribution < -0.4 is 5.73 Å². The van der Waals surface area contributed by atoms with Gasteiger partial charge in [-0.2, -0.15) is 13.2 Å². The molecule has 0 bridgehead atoms. The van der Waals surface area contributed by atoms with Crippen molar-refractivity contribution in [3.05, 3.63) is 82.5 Å². The molecule has 10 heteroatoms. The number of carbonyl (C=O) groups excluding carboxylic acids is 2. The summed E-state index contributed by atoms with van der Waals surface area (Å²) in [6.45, 7) is 0. The lowest BCUT2D eigenvalue weighted by Gasteiger charge is -2.18. The maximum atomic E-state index is 13.3. The molecule has 0 aliphatic heterocycles. The van der Waals surface area contributed by atoms with Gasteiger partial charge in [0.15, 0.2) is 0 Å². The number of carbonyl (C=O) groups is 2. The lowest BCUT2D eigenvalue weighted by atomic mass is 9.99. The van der Waals surface area contributed by atoms with E-state index in [1.54, 1.807) is 30.3 Å². The van der Waals surface area contributed by atoms with Crippen LogP contribution in [-0.2, 0) is 22.1 Å². The number of fused-ring (bicyclic) bond motifs is 2. The molecule has 0 saturated heterocycles. The van der Waals surface area contributed by atoms with E-state index in [0.29, 0.717) is 17.7 Å². The number of aromatic nitrogens is 2. The topological polar surface area (TPSA) is 95.2 Å². The SMILES string of the molecule is NC(=O)C1c2ccccc2CC1OC(=O)c1sc2cc(C(F)(F)F)cnc2c1-c1ccccn1. The quantitative estimate of drug-likeness (QED) is 0.424. The van der Waals surface area contributed by atoms with Gasteiger partial charge in [0.25, 0.3) is 0 Å². The smallest absolute Gasteiger partial charge is 0.417 e. The first kappa shape index (κ1) is 22.0. The van der Waals surface area contributed by atoms with Gasteiger partial charge < -0.3 is 10.5 Å². The fraction of sp³-hybridized carbons (Fsp3) is 0.167. The molecule has 3 aromatic heterocycles. The van der Waals surface area contributed by atoms with E-state index in [4.69, 9.17) is 10.5 Å². The molecular weight excluding hydrogens is 467 g/mol. The lowest BCUT2D eigenvalue weighted by molar-refractivity contribution is -0.137. The van der Waals surface area contributed by atoms with Crippen molar-refractivity contribution < 1.29 is 27.5 Å². The van der Waals surface area contributed by atoms with Crippen molar-refractivity contribution in [3.63, 3.8) is 0 Å². The zero-order valence-corrected chi connectivity index (χ0v) is 18.2. The number of alkyl halides is 3. The van der Waals surface area contributed by atoms with E-state index in [1.807, 2.05) is 12.1 Å². The molecule has 1 aromatic carbocycles. The molecule has 3 heterocycles. The van der Waals surface area contributed by atoms with Crippen molar-refractivity contribution in [1.29, 1.82) is 0 Å². The fourth-order valence-corrected chi connectivity index (χ4v) is 5.31. The second-order valence-corrected chi connectivity index (χ2v) is 8.87. The Hall–Kier alpha value is -3.79. The van der Waals surface area contributed by atoms with Crippen LogP contribution in [0.2, 0.25) is 0 Å². The van der Waals surface area contributed by atoms with Crippen LogP contribution in [-0.4, -0.2) is 27.9 Å². The van der Waals surface area contributed by atoms with Gasteiger partial charge in [-0.05, 0) is 29.3 Å². The van der Waals surface area contributed by atoms with E-state index in [0.717, 1.165) is 29.2 Å². The molecule has 6 nitrogen and oxygen atoms in total. The molecule has 0 fully saturated rings. The Morgan fingerprint density at radius 3 is 2.56 bits per heavy atom. The number of nitrogens with zero attached hydrogens (tertiary/aromatic N) is 2. The molecule has 0 saturated carbocycles. The first-order valence-corrected chi connectivity index (χ1v) is 11.0. The van der Waals surface area contributed by atoms with Gasteiger partial charge >= 0.3 is 12.1 Å². The minimum atomic E-state index is -4.58. The van der Waals surface area contributed by atoms with E-state index in [1.165, 1.54) is 6.20 Å². The van der Waals surface area contributed by atoms with Gasteiger partial charge in [0, 0.05) is 18.8 Å². The summed E-state index contributed by atoms with van der Waals surface area (Å²) in [6, 6.07) is 13.1. The molecule has 1 aliphatic rings. The second-order valence-electron chi connectivity index (χ2n) is 7.82. The molecule has 1 amide bonds. The van der Waals surface area contributed by atoms with Crippen molar-refractivity contribution >= 4 is 33.4 Å². The van der Waals surface area contributed by atoms with Gasteiger partial charge in [0.2, 0.25) is 5.91 Å². The van der Waals surface area contributed by atoms with Gasteiger partial charge in [0.1, 0.15) is 16.9 Å². The van der Waals surface area contributed by atoms with Gasteiger partial charge in [-0.3, -0.25) is 14.8 Å². The molecule has 172 valence electrons. The molecule has 4 aromatic rings. The van der Waals surface area contributed by atoms with Gasteiger partial charge in [0.05, 0.1) is 27.0 Å². The first-order valence-electron chi connectivity index (χ1n) is 10.2. The number of benzene rings is 1. The second kappa shape index (κ2) is 8.21. The molecule has 1 aliphatic carbocycles. The summed E-state index contributed by atoms with van der Waals surface area (Å²) in [7, 11) is 0. The Labute approximate surface area is 195 Å². The summed E-state index contributed by atoms with van der Waals surface area (Å²) in [4.78, 5) is 33.8. The third-order valence-electron chi connectivity index (χ3n) is 5.71. The largest absolute Gasteiger partial charge is 0.457 e. The van der Waals surface area contributed by atoms with E-state index in [-0.39, 0.29) is 20.7 Å². The number of esters is 1. The maximum absolute atomic E-state index is 13.3. The predicted molar refractivity (Wildman–Crippen MR) is 119 cm³/mol. The molecule has 2 atom stereocenters. The van der Waals surface area contributed by atoms with Gasteiger partial charge in [-0.25, -0.2) is 4.79 Å². The molecule has 34 heavy (non-hydrogen) atoms. The van der Waals surface area contributed by atoms with Crippen molar-refractivity contribution in [2.45, 2.75) is 24.6 Å². The van der Waals surface area contributed by atoms with E-state index in [2.05, 4.69) is 9.97 Å². The van der Waals surface area contributed by atoms with Crippen LogP contribution in [0.3, 0.4) is 0 Å². The summed E-state index contributed by atoms with van der Waals surface area (Å²) in [5.41, 5.74) is 7.09. The predicted octanol–water partition coefficient (Wildman–Crippen LogP) is 4.73. The van der Waals surface area contributed by atoms with E-state index < -0.39 is 35.6 Å². The Bertz CT molecular complexity index is 1420. The molecule has 2 unspecified atom stereocenters. The zero-order chi connectivity index (χ0) is 24.0. The highest BCUT2D eigenvalue weighted by molar-refractivity contribution is 7.21. The van der Waals surface area contributed by atoms with E-state index in [9.17, 15) is 22.8 Å². The number of amides is 1. The van der Waals surface area contributed by atoms with Crippen molar-refractivity contribution in [2.24, 2.45) is 5.73 Å². The number of pyridine rings is 2. The maximum Gasteiger partial charge on any atom is 0.417 e. The zero-order valence-electron chi connectivity index (χ0n) is 17.4. The van der Waals surface area contributed by atoms with Crippen LogP contribution >= 0.6 is 11.3 Å². The molecular formula is C24H16F3N3O3S. The van der Waals surface area contributed by atoms with Crippen LogP contribution in [0.25, 0.3) is 21.5 Å². The van der Waals surface area contributed by atoms with Crippen LogP contribution in [0, 0.1) is 0 Å². The number of primary amides is 1. The van der Waals surface area contributed by atoms with Crippen molar-refractivity contribution in [1.82, 2.24) is 9.97 Å². The number of nitrogens with two attached hydrogens (primary N) is 1. The van der Waals surface area contributed by atoms with E-state index >= 15 is 0 Å². The minimum absolute atomic E-state index is 0.0553. The van der Waals surface area contributed by atoms with Crippen LogP contribution in [0.15, 0.2) is 60.9 Å². The Balaban J connectivity index is 1.57. The number of rotatable bonds is 4. The third-order valence-corrected chi connectivity index (χ3v) is 6.82. The molecule has 5 rings (SSSR count). The Morgan fingerprint density at radius 2 is 1.85 bits per heavy atom. The van der Waals surface area contributed by atoms with Gasteiger partial charge in [-0.15, -0.1) is 11.3 Å².